The third-order valence-electron chi connectivity index (χ3n) is 4.99. The van der Waals surface area contributed by atoms with Gasteiger partial charge in [-0.25, -0.2) is 9.97 Å². The molecule has 1 aromatic carbocycles. The number of fused-ring (bicyclic) bond motifs is 1. The normalized spacial score (nSPS) is 12.2. The second-order valence-corrected chi connectivity index (χ2v) is 7.21. The number of nitrogens with zero attached hydrogens (tertiary/aromatic N) is 5. The summed E-state index contributed by atoms with van der Waals surface area (Å²) in [5.41, 5.74) is 3.07. The molecular formula is C23H24N6. The summed E-state index contributed by atoms with van der Waals surface area (Å²) in [6.45, 7) is 0.770. The summed E-state index contributed by atoms with van der Waals surface area (Å²) in [7, 11) is 4.22. The molecule has 0 fully saturated rings. The maximum Gasteiger partial charge on any atom is 0.162 e. The number of anilines is 1. The summed E-state index contributed by atoms with van der Waals surface area (Å²) >= 11 is 0. The van der Waals surface area contributed by atoms with Gasteiger partial charge in [-0.05, 0) is 44.3 Å². The molecule has 0 radical (unpaired) electrons. The molecule has 1 atom stereocenters. The molecule has 0 spiro atoms. The first kappa shape index (κ1) is 19.0. The molecule has 0 aliphatic carbocycles. The smallest absolute Gasteiger partial charge is 0.162 e. The molecule has 0 saturated carbocycles. The average molecular weight is 384 g/mol. The molecule has 0 bridgehead atoms. The predicted octanol–water partition coefficient (Wildman–Crippen LogP) is 3.67. The Morgan fingerprint density at radius 2 is 1.66 bits per heavy atom. The molecule has 6 heteroatoms. The van der Waals surface area contributed by atoms with E-state index in [-0.39, 0.29) is 0 Å². The molecular weight excluding hydrogens is 360 g/mol. The van der Waals surface area contributed by atoms with E-state index in [4.69, 9.17) is 4.98 Å². The molecule has 1 N–H and O–H groups in total. The Balaban J connectivity index is 1.62. The van der Waals surface area contributed by atoms with E-state index in [9.17, 15) is 0 Å². The van der Waals surface area contributed by atoms with Gasteiger partial charge >= 0.3 is 0 Å². The summed E-state index contributed by atoms with van der Waals surface area (Å²) in [5.74, 6) is 1.49. The zero-order chi connectivity index (χ0) is 20.1. The Bertz CT molecular complexity index is 1070. The highest BCUT2D eigenvalue weighted by molar-refractivity contribution is 5.89. The molecule has 0 amide bonds. The number of likely N-dealkylation sites (N-methyl/N-ethyl adjacent to an activating group) is 1. The van der Waals surface area contributed by atoms with E-state index < -0.39 is 0 Å². The van der Waals surface area contributed by atoms with Crippen LogP contribution in [-0.4, -0.2) is 51.5 Å². The highest BCUT2D eigenvalue weighted by Gasteiger charge is 2.15. The summed E-state index contributed by atoms with van der Waals surface area (Å²) < 4.78 is 0. The minimum absolute atomic E-state index is 0.327. The van der Waals surface area contributed by atoms with Crippen molar-refractivity contribution in [3.8, 4) is 11.4 Å². The van der Waals surface area contributed by atoms with Crippen molar-refractivity contribution in [1.29, 1.82) is 0 Å². The maximum absolute atomic E-state index is 4.81. The molecule has 3 aromatic heterocycles. The first-order valence-corrected chi connectivity index (χ1v) is 9.67. The SMILES string of the molecule is CN(C)C(CNc1nc(-c2ccncc2)nc2cnccc12)Cc1ccccc1. The number of pyridine rings is 2. The van der Waals surface area contributed by atoms with Crippen LogP contribution in [0.4, 0.5) is 5.82 Å². The fourth-order valence-electron chi connectivity index (χ4n) is 3.28. The fourth-order valence-corrected chi connectivity index (χ4v) is 3.28. The summed E-state index contributed by atoms with van der Waals surface area (Å²) in [6, 6.07) is 16.7. The number of nitrogens with one attached hydrogen (secondary N) is 1. The Morgan fingerprint density at radius 3 is 2.41 bits per heavy atom. The van der Waals surface area contributed by atoms with Crippen LogP contribution in [0.25, 0.3) is 22.3 Å². The van der Waals surface area contributed by atoms with Crippen LogP contribution in [0.15, 0.2) is 73.3 Å². The minimum Gasteiger partial charge on any atom is -0.368 e. The van der Waals surface area contributed by atoms with Gasteiger partial charge < -0.3 is 10.2 Å². The molecule has 6 nitrogen and oxygen atoms in total. The van der Waals surface area contributed by atoms with Crippen molar-refractivity contribution in [2.45, 2.75) is 12.5 Å². The van der Waals surface area contributed by atoms with E-state index in [1.54, 1.807) is 24.8 Å². The molecule has 3 heterocycles. The maximum atomic E-state index is 4.81. The Morgan fingerprint density at radius 1 is 0.897 bits per heavy atom. The first-order valence-electron chi connectivity index (χ1n) is 9.67. The molecule has 4 aromatic rings. The van der Waals surface area contributed by atoms with E-state index in [1.807, 2.05) is 24.3 Å². The second-order valence-electron chi connectivity index (χ2n) is 7.21. The van der Waals surface area contributed by atoms with Gasteiger partial charge in [-0.2, -0.15) is 0 Å². The van der Waals surface area contributed by atoms with Crippen LogP contribution in [0.3, 0.4) is 0 Å². The zero-order valence-corrected chi connectivity index (χ0v) is 16.7. The fraction of sp³-hybridized carbons (Fsp3) is 0.217. The van der Waals surface area contributed by atoms with Gasteiger partial charge in [0.2, 0.25) is 0 Å². The Labute approximate surface area is 170 Å². The molecule has 0 aliphatic heterocycles. The van der Waals surface area contributed by atoms with Crippen molar-refractivity contribution in [2.75, 3.05) is 26.0 Å². The average Bonchev–Trinajstić information content (AvgIpc) is 2.77. The first-order chi connectivity index (χ1) is 14.2. The highest BCUT2D eigenvalue weighted by atomic mass is 15.1. The van der Waals surface area contributed by atoms with Crippen molar-refractivity contribution in [3.63, 3.8) is 0 Å². The number of benzene rings is 1. The van der Waals surface area contributed by atoms with Gasteiger partial charge in [0.05, 0.1) is 11.7 Å². The van der Waals surface area contributed by atoms with Gasteiger partial charge in [0, 0.05) is 42.1 Å². The lowest BCUT2D eigenvalue weighted by atomic mass is 10.1. The van der Waals surface area contributed by atoms with Gasteiger partial charge in [-0.3, -0.25) is 9.97 Å². The molecule has 29 heavy (non-hydrogen) atoms. The van der Waals surface area contributed by atoms with Crippen molar-refractivity contribution >= 4 is 16.7 Å². The topological polar surface area (TPSA) is 66.8 Å². The summed E-state index contributed by atoms with van der Waals surface area (Å²) in [6.07, 6.45) is 8.02. The van der Waals surface area contributed by atoms with Gasteiger partial charge in [0.15, 0.2) is 5.82 Å². The Kier molecular flexibility index (Phi) is 5.72. The molecule has 146 valence electrons. The number of hydrogen-bond donors (Lipinski definition) is 1. The minimum atomic E-state index is 0.327. The number of aromatic nitrogens is 4. The van der Waals surface area contributed by atoms with Crippen LogP contribution in [0.1, 0.15) is 5.56 Å². The van der Waals surface area contributed by atoms with Gasteiger partial charge in [-0.1, -0.05) is 30.3 Å². The Hall–Kier alpha value is -3.38. The van der Waals surface area contributed by atoms with E-state index in [0.717, 1.165) is 35.2 Å². The van der Waals surface area contributed by atoms with E-state index in [1.165, 1.54) is 5.56 Å². The third-order valence-corrected chi connectivity index (χ3v) is 4.99. The zero-order valence-electron chi connectivity index (χ0n) is 16.7. The van der Waals surface area contributed by atoms with Crippen LogP contribution in [0.5, 0.6) is 0 Å². The van der Waals surface area contributed by atoms with Gasteiger partial charge in [0.1, 0.15) is 5.82 Å². The van der Waals surface area contributed by atoms with Crippen molar-refractivity contribution in [1.82, 2.24) is 24.8 Å². The van der Waals surface area contributed by atoms with Crippen molar-refractivity contribution < 1.29 is 0 Å². The summed E-state index contributed by atoms with van der Waals surface area (Å²) in [5, 5.41) is 4.53. The van der Waals surface area contributed by atoms with E-state index >= 15 is 0 Å². The molecule has 1 unspecified atom stereocenters. The van der Waals surface area contributed by atoms with E-state index in [0.29, 0.717) is 11.9 Å². The van der Waals surface area contributed by atoms with E-state index in [2.05, 4.69) is 63.5 Å². The standard InChI is InChI=1S/C23H24N6/c1-29(2)19(14-17-6-4-3-5-7-17)15-26-23-20-10-13-25-16-21(20)27-22(28-23)18-8-11-24-12-9-18/h3-13,16,19H,14-15H2,1-2H3,(H,26,27,28). The quantitative estimate of drug-likeness (QED) is 0.524. The molecule has 4 rings (SSSR count). The third kappa shape index (κ3) is 4.55. The largest absolute Gasteiger partial charge is 0.368 e. The second kappa shape index (κ2) is 8.75. The van der Waals surface area contributed by atoms with Crippen LogP contribution in [0, 0.1) is 0 Å². The number of rotatable bonds is 7. The van der Waals surface area contributed by atoms with Crippen LogP contribution in [-0.2, 0) is 6.42 Å². The molecule has 0 aliphatic rings. The van der Waals surface area contributed by atoms with Gasteiger partial charge in [0.25, 0.3) is 0 Å². The monoisotopic (exact) mass is 384 g/mol. The lowest BCUT2D eigenvalue weighted by molar-refractivity contribution is 0.303. The highest BCUT2D eigenvalue weighted by Crippen LogP contribution is 2.24. The van der Waals surface area contributed by atoms with Gasteiger partial charge in [-0.15, -0.1) is 0 Å². The van der Waals surface area contributed by atoms with Crippen LogP contribution in [0.2, 0.25) is 0 Å². The lowest BCUT2D eigenvalue weighted by Gasteiger charge is -2.25. The van der Waals surface area contributed by atoms with Crippen LogP contribution >= 0.6 is 0 Å². The van der Waals surface area contributed by atoms with Crippen molar-refractivity contribution in [3.05, 3.63) is 78.9 Å². The predicted molar refractivity (Wildman–Crippen MR) is 117 cm³/mol. The summed E-state index contributed by atoms with van der Waals surface area (Å²) in [4.78, 5) is 20.1. The van der Waals surface area contributed by atoms with Crippen LogP contribution < -0.4 is 5.32 Å². The molecule has 0 saturated heterocycles. The lowest BCUT2D eigenvalue weighted by Crippen LogP contribution is -2.36. The number of hydrogen-bond acceptors (Lipinski definition) is 6. The van der Waals surface area contributed by atoms with Crippen molar-refractivity contribution in [2.24, 2.45) is 0 Å².